The van der Waals surface area contributed by atoms with Crippen LogP contribution in [-0.4, -0.2) is 43.2 Å². The summed E-state index contributed by atoms with van der Waals surface area (Å²) >= 11 is 1.57. The molecule has 0 bridgehead atoms. The van der Waals surface area contributed by atoms with Crippen LogP contribution >= 0.6 is 11.3 Å². The topological polar surface area (TPSA) is 63.2 Å². The molecule has 1 aliphatic rings. The number of ether oxygens (including phenoxy) is 1. The first-order valence-electron chi connectivity index (χ1n) is 6.30. The van der Waals surface area contributed by atoms with Crippen molar-refractivity contribution in [2.24, 2.45) is 0 Å². The molecule has 2 rings (SSSR count). The van der Waals surface area contributed by atoms with Gasteiger partial charge in [-0.1, -0.05) is 0 Å². The summed E-state index contributed by atoms with van der Waals surface area (Å²) in [6.07, 6.45) is 3.00. The van der Waals surface area contributed by atoms with Gasteiger partial charge in [-0.25, -0.2) is 4.98 Å². The monoisotopic (exact) mass is 269 g/mol. The summed E-state index contributed by atoms with van der Waals surface area (Å²) in [5, 5.41) is 8.11. The van der Waals surface area contributed by atoms with Gasteiger partial charge in [0, 0.05) is 18.3 Å². The van der Waals surface area contributed by atoms with Crippen molar-refractivity contribution in [1.82, 2.24) is 15.6 Å². The second-order valence-corrected chi connectivity index (χ2v) is 5.06. The van der Waals surface area contributed by atoms with Crippen molar-refractivity contribution < 1.29 is 9.53 Å². The van der Waals surface area contributed by atoms with Gasteiger partial charge in [0.2, 0.25) is 5.91 Å². The summed E-state index contributed by atoms with van der Waals surface area (Å²) in [5.74, 6) is -0.0382. The molecule has 1 fully saturated rings. The van der Waals surface area contributed by atoms with Gasteiger partial charge in [0.1, 0.15) is 6.61 Å². The van der Waals surface area contributed by atoms with Crippen molar-refractivity contribution in [2.45, 2.75) is 25.4 Å². The molecule has 0 unspecified atom stereocenters. The highest BCUT2D eigenvalue weighted by molar-refractivity contribution is 7.07. The Hall–Kier alpha value is -0.980. The molecule has 18 heavy (non-hydrogen) atoms. The lowest BCUT2D eigenvalue weighted by atomic mass is 10.1. The normalized spacial score (nSPS) is 16.7. The Morgan fingerprint density at radius 1 is 1.56 bits per heavy atom. The van der Waals surface area contributed by atoms with Crippen LogP contribution in [0.15, 0.2) is 10.9 Å². The number of thiazole rings is 1. The number of carbonyl (C=O) groups excluding carboxylic acids is 1. The number of hydrogen-bond donors (Lipinski definition) is 2. The molecular weight excluding hydrogens is 250 g/mol. The Bertz CT molecular complexity index is 350. The molecule has 5 nitrogen and oxygen atoms in total. The van der Waals surface area contributed by atoms with Crippen molar-refractivity contribution >= 4 is 17.2 Å². The van der Waals surface area contributed by atoms with Gasteiger partial charge in [-0.3, -0.25) is 4.79 Å². The Balaban J connectivity index is 1.54. The number of amides is 1. The van der Waals surface area contributed by atoms with E-state index >= 15 is 0 Å². The molecule has 2 heterocycles. The quantitative estimate of drug-likeness (QED) is 0.792. The molecule has 1 aromatic heterocycles. The fourth-order valence-corrected chi connectivity index (χ4v) is 2.49. The van der Waals surface area contributed by atoms with E-state index in [9.17, 15) is 4.79 Å². The van der Waals surface area contributed by atoms with Gasteiger partial charge in [0.25, 0.3) is 0 Å². The highest BCUT2D eigenvalue weighted by Gasteiger charge is 2.14. The average molecular weight is 269 g/mol. The molecule has 1 aromatic rings. The maximum absolute atomic E-state index is 11.5. The first kappa shape index (κ1) is 13.5. The van der Waals surface area contributed by atoms with Crippen LogP contribution in [0.5, 0.6) is 0 Å². The van der Waals surface area contributed by atoms with Gasteiger partial charge in [0.05, 0.1) is 17.3 Å². The molecule has 0 spiro atoms. The molecule has 1 amide bonds. The third-order valence-electron chi connectivity index (χ3n) is 2.92. The average Bonchev–Trinajstić information content (AvgIpc) is 2.91. The predicted octanol–water partition coefficient (Wildman–Crippen LogP) is 0.570. The zero-order valence-electron chi connectivity index (χ0n) is 10.4. The SMILES string of the molecule is O=C(COC1CCNCC1)NCCc1cscn1. The first-order valence-corrected chi connectivity index (χ1v) is 7.25. The van der Waals surface area contributed by atoms with Crippen LogP contribution in [0.1, 0.15) is 18.5 Å². The van der Waals surface area contributed by atoms with E-state index in [2.05, 4.69) is 15.6 Å². The Morgan fingerprint density at radius 2 is 2.39 bits per heavy atom. The number of carbonyl (C=O) groups is 1. The molecule has 0 aromatic carbocycles. The largest absolute Gasteiger partial charge is 0.368 e. The van der Waals surface area contributed by atoms with Gasteiger partial charge in [-0.05, 0) is 25.9 Å². The Kier molecular flexibility index (Phi) is 5.57. The van der Waals surface area contributed by atoms with E-state index in [0.717, 1.165) is 38.0 Å². The fourth-order valence-electron chi connectivity index (χ4n) is 1.90. The molecule has 0 atom stereocenters. The van der Waals surface area contributed by atoms with Crippen LogP contribution in [-0.2, 0) is 16.0 Å². The summed E-state index contributed by atoms with van der Waals surface area (Å²) < 4.78 is 5.57. The minimum atomic E-state index is -0.0382. The minimum absolute atomic E-state index is 0.0382. The number of nitrogens with one attached hydrogen (secondary N) is 2. The molecule has 0 saturated carbocycles. The number of piperidine rings is 1. The van der Waals surface area contributed by atoms with E-state index in [4.69, 9.17) is 4.74 Å². The Labute approximate surface area is 111 Å². The lowest BCUT2D eigenvalue weighted by molar-refractivity contribution is -0.128. The third kappa shape index (κ3) is 4.72. The molecule has 1 aliphatic heterocycles. The summed E-state index contributed by atoms with van der Waals surface area (Å²) in [6, 6.07) is 0. The fraction of sp³-hybridized carbons (Fsp3) is 0.667. The van der Waals surface area contributed by atoms with Crippen LogP contribution in [0, 0.1) is 0 Å². The summed E-state index contributed by atoms with van der Waals surface area (Å²) in [5.41, 5.74) is 2.83. The zero-order chi connectivity index (χ0) is 12.6. The maximum atomic E-state index is 11.5. The molecule has 6 heteroatoms. The third-order valence-corrected chi connectivity index (χ3v) is 3.56. The van der Waals surface area contributed by atoms with E-state index in [-0.39, 0.29) is 18.6 Å². The summed E-state index contributed by atoms with van der Waals surface area (Å²) in [4.78, 5) is 15.7. The Morgan fingerprint density at radius 3 is 3.11 bits per heavy atom. The number of rotatable bonds is 6. The van der Waals surface area contributed by atoms with E-state index < -0.39 is 0 Å². The van der Waals surface area contributed by atoms with Crippen molar-refractivity contribution in [2.75, 3.05) is 26.2 Å². The van der Waals surface area contributed by atoms with Crippen LogP contribution < -0.4 is 10.6 Å². The second kappa shape index (κ2) is 7.45. The van der Waals surface area contributed by atoms with Crippen molar-refractivity contribution in [3.05, 3.63) is 16.6 Å². The predicted molar refractivity (Wildman–Crippen MR) is 70.7 cm³/mol. The molecule has 100 valence electrons. The van der Waals surface area contributed by atoms with Crippen LogP contribution in [0.4, 0.5) is 0 Å². The highest BCUT2D eigenvalue weighted by Crippen LogP contribution is 2.06. The minimum Gasteiger partial charge on any atom is -0.368 e. The lowest BCUT2D eigenvalue weighted by Crippen LogP contribution is -2.36. The molecule has 2 N–H and O–H groups in total. The van der Waals surface area contributed by atoms with E-state index in [0.29, 0.717) is 6.54 Å². The number of nitrogens with zero attached hydrogens (tertiary/aromatic N) is 1. The van der Waals surface area contributed by atoms with E-state index in [1.54, 1.807) is 16.8 Å². The van der Waals surface area contributed by atoms with Gasteiger partial charge in [-0.2, -0.15) is 0 Å². The van der Waals surface area contributed by atoms with Crippen LogP contribution in [0.25, 0.3) is 0 Å². The van der Waals surface area contributed by atoms with Gasteiger partial charge < -0.3 is 15.4 Å². The van der Waals surface area contributed by atoms with Crippen molar-refractivity contribution in [1.29, 1.82) is 0 Å². The highest BCUT2D eigenvalue weighted by atomic mass is 32.1. The lowest BCUT2D eigenvalue weighted by Gasteiger charge is -2.22. The van der Waals surface area contributed by atoms with Crippen molar-refractivity contribution in [3.63, 3.8) is 0 Å². The van der Waals surface area contributed by atoms with Crippen LogP contribution in [0.2, 0.25) is 0 Å². The molecule has 1 saturated heterocycles. The summed E-state index contributed by atoms with van der Waals surface area (Å²) in [7, 11) is 0. The first-order chi connectivity index (χ1) is 8.84. The van der Waals surface area contributed by atoms with Crippen LogP contribution in [0.3, 0.4) is 0 Å². The number of aromatic nitrogens is 1. The molecule has 0 aliphatic carbocycles. The van der Waals surface area contributed by atoms with Gasteiger partial charge in [-0.15, -0.1) is 11.3 Å². The molecular formula is C12H19N3O2S. The number of hydrogen-bond acceptors (Lipinski definition) is 5. The van der Waals surface area contributed by atoms with Crippen molar-refractivity contribution in [3.8, 4) is 0 Å². The van der Waals surface area contributed by atoms with E-state index in [1.807, 2.05) is 5.38 Å². The van der Waals surface area contributed by atoms with Gasteiger partial charge in [0.15, 0.2) is 0 Å². The van der Waals surface area contributed by atoms with E-state index in [1.165, 1.54) is 0 Å². The molecule has 0 radical (unpaired) electrons. The van der Waals surface area contributed by atoms with Gasteiger partial charge >= 0.3 is 0 Å². The smallest absolute Gasteiger partial charge is 0.246 e. The zero-order valence-corrected chi connectivity index (χ0v) is 11.2. The summed E-state index contributed by atoms with van der Waals surface area (Å²) in [6.45, 7) is 2.76. The standard InChI is InChI=1S/C12H19N3O2S/c16-12(7-17-11-2-4-13-5-3-11)14-6-1-10-8-18-9-15-10/h8-9,11,13H,1-7H2,(H,14,16). The second-order valence-electron chi connectivity index (χ2n) is 4.34. The maximum Gasteiger partial charge on any atom is 0.246 e.